The van der Waals surface area contributed by atoms with Crippen LogP contribution in [0.1, 0.15) is 45.5 Å². The molecule has 1 aliphatic heterocycles. The van der Waals surface area contributed by atoms with Gasteiger partial charge in [-0.15, -0.1) is 0 Å². The van der Waals surface area contributed by atoms with Crippen LogP contribution in [0.3, 0.4) is 0 Å². The lowest BCUT2D eigenvalue weighted by Gasteiger charge is -2.23. The third kappa shape index (κ3) is 4.24. The van der Waals surface area contributed by atoms with E-state index in [0.717, 1.165) is 17.3 Å². The molecule has 3 aromatic rings. The van der Waals surface area contributed by atoms with Gasteiger partial charge in [0.15, 0.2) is 5.69 Å². The maximum atomic E-state index is 13.8. The van der Waals surface area contributed by atoms with Gasteiger partial charge in [-0.05, 0) is 31.1 Å². The van der Waals surface area contributed by atoms with Gasteiger partial charge in [0, 0.05) is 5.22 Å². The molecule has 0 spiro atoms. The maximum absolute atomic E-state index is 13.8. The van der Waals surface area contributed by atoms with Crippen molar-refractivity contribution < 1.29 is 23.9 Å². The number of esters is 2. The molecule has 2 heterocycles. The highest BCUT2D eigenvalue weighted by Gasteiger charge is 2.38. The fourth-order valence-electron chi connectivity index (χ4n) is 3.84. The Kier molecular flexibility index (Phi) is 6.88. The highest BCUT2D eigenvalue weighted by atomic mass is 32.2. The summed E-state index contributed by atoms with van der Waals surface area (Å²) in [4.78, 5) is 40.1. The molecule has 4 rings (SSSR count). The Morgan fingerprint density at radius 2 is 1.56 bits per heavy atom. The Labute approximate surface area is 200 Å². The number of ether oxygens (including phenoxy) is 2. The molecule has 0 bridgehead atoms. The van der Waals surface area contributed by atoms with Crippen molar-refractivity contribution in [3.8, 4) is 0 Å². The van der Waals surface area contributed by atoms with E-state index in [1.807, 2.05) is 48.5 Å². The van der Waals surface area contributed by atoms with Crippen molar-refractivity contribution in [2.45, 2.75) is 19.1 Å². The Hall–Kier alpha value is -3.78. The second-order valence-electron chi connectivity index (χ2n) is 7.43. The third-order valence-electron chi connectivity index (χ3n) is 5.29. The van der Waals surface area contributed by atoms with E-state index in [1.165, 1.54) is 4.57 Å². The number of hydrogen-bond donors (Lipinski definition) is 1. The Bertz CT molecular complexity index is 1360. The van der Waals surface area contributed by atoms with Crippen LogP contribution in [0.2, 0.25) is 0 Å². The molecule has 1 atom stereocenters. The maximum Gasteiger partial charge on any atom is 0.357 e. The van der Waals surface area contributed by atoms with Crippen LogP contribution in [0, 0.1) is 0 Å². The van der Waals surface area contributed by atoms with Gasteiger partial charge in [-0.3, -0.25) is 9.36 Å². The molecule has 174 valence electrons. The number of carbonyl (C=O) groups is 3. The molecule has 2 aromatic carbocycles. The molecule has 2 N–H and O–H groups in total. The molecule has 0 unspecified atom stereocenters. The predicted molar refractivity (Wildman–Crippen MR) is 132 cm³/mol. The Morgan fingerprint density at radius 3 is 2.18 bits per heavy atom. The van der Waals surface area contributed by atoms with E-state index in [-0.39, 0.29) is 40.8 Å². The van der Waals surface area contributed by atoms with Crippen molar-refractivity contribution in [3.05, 3.63) is 88.1 Å². The van der Waals surface area contributed by atoms with Gasteiger partial charge in [0.05, 0.1) is 24.3 Å². The number of fused-ring (bicyclic) bond motifs is 1. The molecule has 8 heteroatoms. The van der Waals surface area contributed by atoms with Crippen LogP contribution in [0.25, 0.3) is 11.0 Å². The number of carbonyl (C=O) groups excluding carboxylic acids is 3. The lowest BCUT2D eigenvalue weighted by atomic mass is 10.1. The lowest BCUT2D eigenvalue weighted by molar-refractivity contribution is -0.135. The second-order valence-corrected chi connectivity index (χ2v) is 8.55. The van der Waals surface area contributed by atoms with Crippen molar-refractivity contribution in [1.82, 2.24) is 4.57 Å². The van der Waals surface area contributed by atoms with Crippen LogP contribution in [0.5, 0.6) is 0 Å². The predicted octanol–water partition coefficient (Wildman–Crippen LogP) is 2.88. The first-order valence-corrected chi connectivity index (χ1v) is 11.8. The minimum atomic E-state index is -0.766. The summed E-state index contributed by atoms with van der Waals surface area (Å²) in [5.41, 5.74) is 7.94. The van der Waals surface area contributed by atoms with Gasteiger partial charge < -0.3 is 15.2 Å². The molecule has 7 nitrogen and oxygen atoms in total. The van der Waals surface area contributed by atoms with Crippen molar-refractivity contribution in [1.29, 1.82) is 0 Å². The van der Waals surface area contributed by atoms with Crippen LogP contribution >= 0.6 is 11.8 Å². The zero-order valence-corrected chi connectivity index (χ0v) is 19.6. The molecule has 1 aliphatic rings. The van der Waals surface area contributed by atoms with Crippen LogP contribution in [0.15, 0.2) is 60.7 Å². The summed E-state index contributed by atoms with van der Waals surface area (Å²) in [7, 11) is 0. The van der Waals surface area contributed by atoms with E-state index in [2.05, 4.69) is 0 Å². The SMILES string of the molecule is CCOC(=O)C1=c2/c(=C/c3ccccc3)c(N)c(C(=O)OCC)n2C(=O)[C@@H](c2ccccc2)S1. The summed E-state index contributed by atoms with van der Waals surface area (Å²) in [6, 6.07) is 18.4. The average molecular weight is 477 g/mol. The number of thioether (sulfide) groups is 1. The van der Waals surface area contributed by atoms with E-state index in [9.17, 15) is 14.4 Å². The van der Waals surface area contributed by atoms with Crippen LogP contribution in [-0.4, -0.2) is 35.6 Å². The highest BCUT2D eigenvalue weighted by Crippen LogP contribution is 2.39. The van der Waals surface area contributed by atoms with Crippen molar-refractivity contribution in [3.63, 3.8) is 0 Å². The van der Waals surface area contributed by atoms with Crippen LogP contribution in [0.4, 0.5) is 5.69 Å². The summed E-state index contributed by atoms with van der Waals surface area (Å²) >= 11 is 1.10. The number of nitrogens with two attached hydrogens (primary N) is 1. The van der Waals surface area contributed by atoms with E-state index in [0.29, 0.717) is 10.8 Å². The number of anilines is 1. The van der Waals surface area contributed by atoms with Gasteiger partial charge in [0.1, 0.15) is 10.2 Å². The quantitative estimate of drug-likeness (QED) is 0.546. The molecule has 0 fully saturated rings. The summed E-state index contributed by atoms with van der Waals surface area (Å²) < 4.78 is 11.8. The normalized spacial score (nSPS) is 15.7. The van der Waals surface area contributed by atoms with Crippen molar-refractivity contribution in [2.24, 2.45) is 0 Å². The average Bonchev–Trinajstić information content (AvgIpc) is 3.13. The van der Waals surface area contributed by atoms with E-state index >= 15 is 0 Å². The largest absolute Gasteiger partial charge is 0.462 e. The number of aromatic nitrogens is 1. The molecule has 0 amide bonds. The summed E-state index contributed by atoms with van der Waals surface area (Å²) in [5, 5.41) is -0.132. The molecular formula is C26H24N2O5S. The first kappa shape index (κ1) is 23.4. The molecule has 0 saturated carbocycles. The fourth-order valence-corrected chi connectivity index (χ4v) is 5.04. The second kappa shape index (κ2) is 10.0. The highest BCUT2D eigenvalue weighted by molar-refractivity contribution is 8.10. The van der Waals surface area contributed by atoms with Gasteiger partial charge in [-0.2, -0.15) is 0 Å². The van der Waals surface area contributed by atoms with Crippen molar-refractivity contribution >= 4 is 46.3 Å². The van der Waals surface area contributed by atoms with E-state index in [4.69, 9.17) is 15.2 Å². The monoisotopic (exact) mass is 476 g/mol. The third-order valence-corrected chi connectivity index (χ3v) is 6.59. The Morgan fingerprint density at radius 1 is 0.971 bits per heavy atom. The summed E-state index contributed by atoms with van der Waals surface area (Å²) in [6.07, 6.45) is 1.75. The van der Waals surface area contributed by atoms with Crippen molar-refractivity contribution in [2.75, 3.05) is 18.9 Å². The number of nitrogen functional groups attached to an aromatic ring is 1. The zero-order chi connectivity index (χ0) is 24.2. The summed E-state index contributed by atoms with van der Waals surface area (Å²) in [6.45, 7) is 3.65. The molecule has 0 radical (unpaired) electrons. The lowest BCUT2D eigenvalue weighted by Crippen LogP contribution is -2.42. The summed E-state index contributed by atoms with van der Waals surface area (Å²) in [5.74, 6) is -1.70. The van der Waals surface area contributed by atoms with Gasteiger partial charge in [0.25, 0.3) is 0 Å². The Balaban J connectivity index is 2.10. The smallest absolute Gasteiger partial charge is 0.357 e. The fraction of sp³-hybridized carbons (Fsp3) is 0.192. The van der Waals surface area contributed by atoms with Gasteiger partial charge >= 0.3 is 11.9 Å². The van der Waals surface area contributed by atoms with Crippen LogP contribution in [-0.2, 0) is 14.3 Å². The molecule has 34 heavy (non-hydrogen) atoms. The van der Waals surface area contributed by atoms with Gasteiger partial charge in [-0.25, -0.2) is 9.59 Å². The first-order valence-electron chi connectivity index (χ1n) is 10.9. The molecule has 0 aliphatic carbocycles. The topological polar surface area (TPSA) is 101 Å². The van der Waals surface area contributed by atoms with E-state index < -0.39 is 17.2 Å². The standard InChI is InChI=1S/C26H24N2O5S/c1-3-32-25(30)21-19(27)18(15-16-11-7-5-8-12-16)20-23(26(31)33-4-2)34-22(24(29)28(20)21)17-13-9-6-10-14-17/h5-15,22H,3-4,27H2,1-2H3/b18-15+/t22-/m1/s1. The number of nitrogens with zero attached hydrogens (tertiary/aromatic N) is 1. The van der Waals surface area contributed by atoms with Gasteiger partial charge in [-0.1, -0.05) is 72.4 Å². The first-order chi connectivity index (χ1) is 16.5. The minimum absolute atomic E-state index is 0.0711. The van der Waals surface area contributed by atoms with E-state index in [1.54, 1.807) is 32.1 Å². The number of hydrogen-bond acceptors (Lipinski definition) is 7. The minimum Gasteiger partial charge on any atom is -0.462 e. The van der Waals surface area contributed by atoms with Crippen LogP contribution < -0.4 is 16.3 Å². The van der Waals surface area contributed by atoms with Gasteiger partial charge in [0.2, 0.25) is 5.91 Å². The number of rotatable bonds is 6. The molecular weight excluding hydrogens is 452 g/mol. The molecule has 0 saturated heterocycles. The molecule has 1 aromatic heterocycles. The number of benzene rings is 2. The zero-order valence-electron chi connectivity index (χ0n) is 18.8.